The Morgan fingerprint density at radius 1 is 0.667 bits per heavy atom. The average molecular weight is 288 g/mol. The van der Waals surface area contributed by atoms with Crippen LogP contribution in [0.25, 0.3) is 31.6 Å². The van der Waals surface area contributed by atoms with E-state index in [0.717, 1.165) is 0 Å². The van der Waals surface area contributed by atoms with Crippen molar-refractivity contribution in [2.75, 3.05) is 0 Å². The second-order valence-corrected chi connectivity index (χ2v) is 6.98. The van der Waals surface area contributed by atoms with Gasteiger partial charge >= 0.3 is 0 Å². The third-order valence-corrected chi connectivity index (χ3v) is 5.83. The molecule has 3 aromatic carbocycles. The molecule has 0 amide bonds. The lowest BCUT2D eigenvalue weighted by molar-refractivity contribution is 0.694. The van der Waals surface area contributed by atoms with Crippen LogP contribution in [-0.2, 0) is 12.8 Å². The maximum atomic E-state index is 2.34. The number of benzene rings is 3. The highest BCUT2D eigenvalue weighted by Gasteiger charge is 2.18. The molecule has 0 unspecified atom stereocenters. The number of hydrogen-bond acceptors (Lipinski definition) is 1. The van der Waals surface area contributed by atoms with Crippen molar-refractivity contribution in [1.82, 2.24) is 0 Å². The molecule has 102 valence electrons. The highest BCUT2D eigenvalue weighted by atomic mass is 32.1. The molecular weight excluding hydrogens is 272 g/mol. The van der Waals surface area contributed by atoms with Crippen molar-refractivity contribution in [3.63, 3.8) is 0 Å². The van der Waals surface area contributed by atoms with Gasteiger partial charge in [0.1, 0.15) is 0 Å². The molecule has 0 aliphatic heterocycles. The Morgan fingerprint density at radius 3 is 2.38 bits per heavy atom. The van der Waals surface area contributed by atoms with E-state index in [1.807, 2.05) is 11.3 Å². The first-order valence-corrected chi connectivity index (χ1v) is 8.64. The van der Waals surface area contributed by atoms with Crippen molar-refractivity contribution in [2.45, 2.75) is 25.7 Å². The highest BCUT2D eigenvalue weighted by molar-refractivity contribution is 7.17. The molecule has 0 radical (unpaired) electrons. The van der Waals surface area contributed by atoms with E-state index < -0.39 is 0 Å². The fourth-order valence-corrected chi connectivity index (χ4v) is 4.85. The third-order valence-electron chi connectivity index (χ3n) is 4.95. The number of aryl methyl sites for hydroxylation is 2. The van der Waals surface area contributed by atoms with Crippen LogP contribution in [0.5, 0.6) is 0 Å². The molecule has 5 rings (SSSR count). The largest absolute Gasteiger partial charge is 0.144 e. The first kappa shape index (κ1) is 11.8. The van der Waals surface area contributed by atoms with Gasteiger partial charge in [0.05, 0.1) is 0 Å². The zero-order valence-electron chi connectivity index (χ0n) is 11.9. The lowest BCUT2D eigenvalue weighted by atomic mass is 9.83. The second-order valence-electron chi connectivity index (χ2n) is 6.03. The van der Waals surface area contributed by atoms with Gasteiger partial charge in [-0.25, -0.2) is 0 Å². The van der Waals surface area contributed by atoms with Crippen LogP contribution in [0.4, 0.5) is 0 Å². The van der Waals surface area contributed by atoms with Gasteiger partial charge in [-0.3, -0.25) is 0 Å². The van der Waals surface area contributed by atoms with Crippen LogP contribution in [-0.4, -0.2) is 0 Å². The fraction of sp³-hybridized carbons (Fsp3) is 0.200. The van der Waals surface area contributed by atoms with Crippen LogP contribution >= 0.6 is 11.3 Å². The Hall–Kier alpha value is -1.86. The Morgan fingerprint density at radius 2 is 1.48 bits per heavy atom. The van der Waals surface area contributed by atoms with Crippen molar-refractivity contribution < 1.29 is 0 Å². The van der Waals surface area contributed by atoms with E-state index in [1.165, 1.54) is 57.3 Å². The maximum absolute atomic E-state index is 2.34. The zero-order valence-corrected chi connectivity index (χ0v) is 12.7. The molecule has 0 N–H and O–H groups in total. The molecule has 0 fully saturated rings. The van der Waals surface area contributed by atoms with Crippen LogP contribution in [0, 0.1) is 0 Å². The fourth-order valence-electron chi connectivity index (χ4n) is 4.05. The van der Waals surface area contributed by atoms with Crippen LogP contribution in [0.1, 0.15) is 24.0 Å². The van der Waals surface area contributed by atoms with Gasteiger partial charge in [-0.05, 0) is 75.9 Å². The molecule has 0 saturated heterocycles. The van der Waals surface area contributed by atoms with E-state index in [9.17, 15) is 0 Å². The van der Waals surface area contributed by atoms with Crippen LogP contribution in [0.2, 0.25) is 0 Å². The predicted octanol–water partition coefficient (Wildman–Crippen LogP) is 6.09. The average Bonchev–Trinajstić information content (AvgIpc) is 3.03. The van der Waals surface area contributed by atoms with E-state index in [-0.39, 0.29) is 0 Å². The summed E-state index contributed by atoms with van der Waals surface area (Å²) in [4.78, 5) is 0. The molecule has 0 spiro atoms. The number of thiophene rings is 1. The summed E-state index contributed by atoms with van der Waals surface area (Å²) in [6.07, 6.45) is 5.15. The number of rotatable bonds is 0. The van der Waals surface area contributed by atoms with Gasteiger partial charge in [-0.2, -0.15) is 0 Å². The lowest BCUT2D eigenvalue weighted by Crippen LogP contribution is -2.04. The first-order valence-electron chi connectivity index (χ1n) is 7.76. The van der Waals surface area contributed by atoms with Crippen molar-refractivity contribution in [3.8, 4) is 0 Å². The summed E-state index contributed by atoms with van der Waals surface area (Å²) in [7, 11) is 0. The second kappa shape index (κ2) is 4.32. The Bertz CT molecular complexity index is 991. The first-order chi connectivity index (χ1) is 10.4. The van der Waals surface area contributed by atoms with Crippen molar-refractivity contribution in [1.29, 1.82) is 0 Å². The minimum Gasteiger partial charge on any atom is -0.144 e. The zero-order chi connectivity index (χ0) is 13.8. The van der Waals surface area contributed by atoms with Crippen molar-refractivity contribution >= 4 is 43.0 Å². The van der Waals surface area contributed by atoms with E-state index >= 15 is 0 Å². The molecule has 1 aromatic heterocycles. The van der Waals surface area contributed by atoms with Gasteiger partial charge in [0, 0.05) is 10.1 Å². The van der Waals surface area contributed by atoms with Gasteiger partial charge < -0.3 is 0 Å². The van der Waals surface area contributed by atoms with Gasteiger partial charge in [-0.1, -0.05) is 30.3 Å². The predicted molar refractivity (Wildman–Crippen MR) is 93.5 cm³/mol. The Balaban J connectivity index is 2.13. The summed E-state index contributed by atoms with van der Waals surface area (Å²) >= 11 is 1.86. The highest BCUT2D eigenvalue weighted by Crippen LogP contribution is 2.41. The SMILES string of the molecule is c1ccc2c(c1)c1c(c3c4ccsc4ccc23)CCCC1. The molecule has 0 saturated carbocycles. The van der Waals surface area contributed by atoms with E-state index in [4.69, 9.17) is 0 Å². The van der Waals surface area contributed by atoms with Gasteiger partial charge in [0.25, 0.3) is 0 Å². The van der Waals surface area contributed by atoms with Gasteiger partial charge in [0.15, 0.2) is 0 Å². The number of fused-ring (bicyclic) bond motifs is 8. The normalized spacial score (nSPS) is 14.9. The van der Waals surface area contributed by atoms with Crippen LogP contribution in [0.15, 0.2) is 47.8 Å². The summed E-state index contributed by atoms with van der Waals surface area (Å²) in [5, 5.41) is 9.57. The smallest absolute Gasteiger partial charge is 0.0349 e. The van der Waals surface area contributed by atoms with Crippen LogP contribution in [0.3, 0.4) is 0 Å². The summed E-state index contributed by atoms with van der Waals surface area (Å²) in [5.74, 6) is 0. The quantitative estimate of drug-likeness (QED) is 0.344. The molecule has 1 heterocycles. The molecule has 1 heteroatoms. The van der Waals surface area contributed by atoms with Crippen molar-refractivity contribution in [3.05, 3.63) is 59.0 Å². The topological polar surface area (TPSA) is 0 Å². The molecule has 21 heavy (non-hydrogen) atoms. The Kier molecular flexibility index (Phi) is 2.42. The standard InChI is InChI=1S/C20H16S/c1-2-7-15-13(5-1)14-6-3-4-8-16(14)20-17(15)9-10-19-18(20)11-12-21-19/h1-2,5,7,9-12H,3-4,6,8H2. The molecule has 0 bridgehead atoms. The van der Waals surface area contributed by atoms with Crippen LogP contribution < -0.4 is 0 Å². The Labute approximate surface area is 128 Å². The molecule has 4 aromatic rings. The monoisotopic (exact) mass is 288 g/mol. The molecule has 1 aliphatic rings. The van der Waals surface area contributed by atoms with Gasteiger partial charge in [0.2, 0.25) is 0 Å². The molecule has 0 nitrogen and oxygen atoms in total. The summed E-state index contributed by atoms with van der Waals surface area (Å²) < 4.78 is 1.42. The van der Waals surface area contributed by atoms with Crippen molar-refractivity contribution in [2.24, 2.45) is 0 Å². The van der Waals surface area contributed by atoms with E-state index in [1.54, 1.807) is 11.1 Å². The van der Waals surface area contributed by atoms with E-state index in [2.05, 4.69) is 47.8 Å². The van der Waals surface area contributed by atoms with E-state index in [0.29, 0.717) is 0 Å². The molecule has 1 aliphatic carbocycles. The maximum Gasteiger partial charge on any atom is 0.0349 e. The summed E-state index contributed by atoms with van der Waals surface area (Å²) in [6, 6.07) is 15.9. The van der Waals surface area contributed by atoms with Gasteiger partial charge in [-0.15, -0.1) is 11.3 Å². The number of hydrogen-bond donors (Lipinski definition) is 0. The third kappa shape index (κ3) is 1.55. The molecular formula is C20H16S. The minimum atomic E-state index is 1.24. The minimum absolute atomic E-state index is 1.24. The lowest BCUT2D eigenvalue weighted by Gasteiger charge is -2.22. The summed E-state index contributed by atoms with van der Waals surface area (Å²) in [5.41, 5.74) is 3.24. The summed E-state index contributed by atoms with van der Waals surface area (Å²) in [6.45, 7) is 0. The molecule has 0 atom stereocenters.